The first-order valence-electron chi connectivity index (χ1n) is 7.53. The number of H-pyrrole nitrogens is 1. The molecule has 0 saturated carbocycles. The van der Waals surface area contributed by atoms with Crippen LogP contribution in [-0.2, 0) is 0 Å². The highest BCUT2D eigenvalue weighted by Gasteiger charge is 2.13. The maximum atomic E-state index is 13.3. The largest absolute Gasteiger partial charge is 0.349 e. The van der Waals surface area contributed by atoms with Gasteiger partial charge in [-0.05, 0) is 42.8 Å². The Morgan fingerprint density at radius 2 is 2.12 bits per heavy atom. The van der Waals surface area contributed by atoms with Crippen LogP contribution in [0.25, 0.3) is 21.9 Å². The molecule has 2 aromatic carbocycles. The molecule has 7 heteroatoms. The van der Waals surface area contributed by atoms with Crippen LogP contribution >= 0.6 is 11.6 Å². The first-order valence-corrected chi connectivity index (χ1v) is 7.91. The van der Waals surface area contributed by atoms with E-state index in [2.05, 4.69) is 15.1 Å². The van der Waals surface area contributed by atoms with Gasteiger partial charge in [0.25, 0.3) is 5.56 Å². The van der Waals surface area contributed by atoms with Gasteiger partial charge in [0.1, 0.15) is 22.7 Å². The molecule has 4 rings (SSSR count). The molecule has 0 saturated heterocycles. The fraction of sp³-hybridized carbons (Fsp3) is 0.0556. The second-order valence-electron chi connectivity index (χ2n) is 5.61. The third-order valence-corrected chi connectivity index (χ3v) is 4.13. The van der Waals surface area contributed by atoms with Crippen LogP contribution in [0.2, 0.25) is 5.02 Å². The predicted octanol–water partition coefficient (Wildman–Crippen LogP) is 3.86. The van der Waals surface area contributed by atoms with Gasteiger partial charge in [0.15, 0.2) is 0 Å². The van der Waals surface area contributed by atoms with Crippen molar-refractivity contribution in [2.75, 3.05) is 0 Å². The van der Waals surface area contributed by atoms with Crippen LogP contribution in [0.3, 0.4) is 0 Å². The minimum atomic E-state index is -0.367. The lowest BCUT2D eigenvalue weighted by Crippen LogP contribution is -2.20. The van der Waals surface area contributed by atoms with Crippen molar-refractivity contribution in [3.05, 3.63) is 75.0 Å². The van der Waals surface area contributed by atoms with Gasteiger partial charge < -0.3 is 4.98 Å². The fourth-order valence-corrected chi connectivity index (χ4v) is 2.90. The summed E-state index contributed by atoms with van der Waals surface area (Å²) in [6.07, 6.45) is 1.42. The summed E-state index contributed by atoms with van der Waals surface area (Å²) in [5, 5.41) is 5.51. The number of rotatable bonds is 2. The van der Waals surface area contributed by atoms with E-state index in [1.54, 1.807) is 37.3 Å². The summed E-state index contributed by atoms with van der Waals surface area (Å²) in [6.45, 7) is 1.69. The van der Waals surface area contributed by atoms with Gasteiger partial charge in [0.05, 0.1) is 6.21 Å². The quantitative estimate of drug-likeness (QED) is 0.555. The number of halogens is 2. The van der Waals surface area contributed by atoms with Crippen LogP contribution in [0.1, 0.15) is 11.4 Å². The zero-order chi connectivity index (χ0) is 17.6. The van der Waals surface area contributed by atoms with E-state index in [4.69, 9.17) is 11.6 Å². The van der Waals surface area contributed by atoms with Crippen LogP contribution in [0.4, 0.5) is 4.39 Å². The van der Waals surface area contributed by atoms with Crippen LogP contribution < -0.4 is 5.56 Å². The zero-order valence-corrected chi connectivity index (χ0v) is 13.9. The standard InChI is InChI=1S/C18H12ClFN4O/c1-10-22-16-14-8-12(19)5-6-15(14)23-17(16)18(25)24(10)21-9-11-3-2-4-13(20)7-11/h2-9,23H,1H3/b21-9-. The molecule has 2 aromatic heterocycles. The Morgan fingerprint density at radius 1 is 1.28 bits per heavy atom. The Hall–Kier alpha value is -2.99. The zero-order valence-electron chi connectivity index (χ0n) is 13.1. The molecule has 0 atom stereocenters. The molecule has 4 aromatic rings. The lowest BCUT2D eigenvalue weighted by atomic mass is 10.2. The van der Waals surface area contributed by atoms with E-state index in [1.165, 1.54) is 23.0 Å². The van der Waals surface area contributed by atoms with E-state index in [0.29, 0.717) is 27.4 Å². The van der Waals surface area contributed by atoms with Gasteiger partial charge in [-0.25, -0.2) is 9.37 Å². The summed E-state index contributed by atoms with van der Waals surface area (Å²) in [6, 6.07) is 11.3. The van der Waals surface area contributed by atoms with Crippen LogP contribution in [0, 0.1) is 12.7 Å². The van der Waals surface area contributed by atoms with E-state index >= 15 is 0 Å². The van der Waals surface area contributed by atoms with E-state index in [-0.39, 0.29) is 11.4 Å². The van der Waals surface area contributed by atoms with Gasteiger partial charge in [0.2, 0.25) is 0 Å². The molecule has 25 heavy (non-hydrogen) atoms. The molecule has 124 valence electrons. The van der Waals surface area contributed by atoms with E-state index in [1.807, 2.05) is 0 Å². The predicted molar refractivity (Wildman–Crippen MR) is 97.0 cm³/mol. The highest BCUT2D eigenvalue weighted by atomic mass is 35.5. The van der Waals surface area contributed by atoms with Gasteiger partial charge in [-0.1, -0.05) is 23.7 Å². The Morgan fingerprint density at radius 3 is 2.92 bits per heavy atom. The Bertz CT molecular complexity index is 1210. The first kappa shape index (κ1) is 15.5. The number of hydrogen-bond acceptors (Lipinski definition) is 3. The molecule has 2 heterocycles. The van der Waals surface area contributed by atoms with Crippen LogP contribution in [-0.4, -0.2) is 20.9 Å². The number of nitrogens with zero attached hydrogens (tertiary/aromatic N) is 3. The van der Waals surface area contributed by atoms with Crippen molar-refractivity contribution in [3.8, 4) is 0 Å². The highest BCUT2D eigenvalue weighted by molar-refractivity contribution is 6.31. The molecule has 0 aliphatic heterocycles. The average Bonchev–Trinajstić information content (AvgIpc) is 2.93. The number of hydrogen-bond donors (Lipinski definition) is 1. The van der Waals surface area contributed by atoms with Crippen molar-refractivity contribution in [2.24, 2.45) is 5.10 Å². The van der Waals surface area contributed by atoms with E-state index < -0.39 is 0 Å². The molecule has 0 amide bonds. The maximum absolute atomic E-state index is 13.3. The minimum absolute atomic E-state index is 0.331. The Labute approximate surface area is 146 Å². The van der Waals surface area contributed by atoms with Crippen molar-refractivity contribution in [3.63, 3.8) is 0 Å². The summed E-state index contributed by atoms with van der Waals surface area (Å²) in [5.41, 5.74) is 1.89. The summed E-state index contributed by atoms with van der Waals surface area (Å²) in [4.78, 5) is 20.3. The fourth-order valence-electron chi connectivity index (χ4n) is 2.73. The topological polar surface area (TPSA) is 63.0 Å². The average molecular weight is 355 g/mol. The smallest absolute Gasteiger partial charge is 0.298 e. The monoisotopic (exact) mass is 354 g/mol. The number of aryl methyl sites for hydroxylation is 1. The molecule has 0 fully saturated rings. The lowest BCUT2D eigenvalue weighted by molar-refractivity contribution is 0.627. The van der Waals surface area contributed by atoms with Gasteiger partial charge in [-0.2, -0.15) is 9.78 Å². The summed E-state index contributed by atoms with van der Waals surface area (Å²) < 4.78 is 14.4. The van der Waals surface area contributed by atoms with Crippen molar-refractivity contribution in [1.29, 1.82) is 0 Å². The maximum Gasteiger partial charge on any atom is 0.298 e. The molecule has 1 N–H and O–H groups in total. The Balaban J connectivity index is 1.90. The SMILES string of the molecule is Cc1nc2c([nH]c3ccc(Cl)cc32)c(=O)n1/N=C\c1cccc(F)c1. The number of aromatic nitrogens is 3. The van der Waals surface area contributed by atoms with Crippen LogP contribution in [0.5, 0.6) is 0 Å². The van der Waals surface area contributed by atoms with Gasteiger partial charge in [-0.15, -0.1) is 0 Å². The van der Waals surface area contributed by atoms with Crippen molar-refractivity contribution in [2.45, 2.75) is 6.92 Å². The Kier molecular flexibility index (Phi) is 3.62. The second-order valence-corrected chi connectivity index (χ2v) is 6.05. The number of benzene rings is 2. The molecular weight excluding hydrogens is 343 g/mol. The number of aromatic amines is 1. The third kappa shape index (κ3) is 2.70. The van der Waals surface area contributed by atoms with Crippen LogP contribution in [0.15, 0.2) is 52.4 Å². The minimum Gasteiger partial charge on any atom is -0.349 e. The number of fused-ring (bicyclic) bond motifs is 3. The van der Waals surface area contributed by atoms with Gasteiger partial charge in [0, 0.05) is 15.9 Å². The molecule has 0 aliphatic carbocycles. The third-order valence-electron chi connectivity index (χ3n) is 3.89. The molecule has 0 radical (unpaired) electrons. The van der Waals surface area contributed by atoms with Crippen molar-refractivity contribution >= 4 is 39.8 Å². The van der Waals surface area contributed by atoms with Crippen molar-refractivity contribution in [1.82, 2.24) is 14.6 Å². The normalized spacial score (nSPS) is 11.8. The van der Waals surface area contributed by atoms with E-state index in [9.17, 15) is 9.18 Å². The molecule has 0 spiro atoms. The molecule has 0 unspecified atom stereocenters. The lowest BCUT2D eigenvalue weighted by Gasteiger charge is -2.03. The second kappa shape index (κ2) is 5.82. The van der Waals surface area contributed by atoms with Gasteiger partial charge in [-0.3, -0.25) is 4.79 Å². The van der Waals surface area contributed by atoms with Gasteiger partial charge >= 0.3 is 0 Å². The first-order chi connectivity index (χ1) is 12.0. The molecule has 0 aliphatic rings. The summed E-state index contributed by atoms with van der Waals surface area (Å²) in [5.74, 6) is 0.0557. The van der Waals surface area contributed by atoms with E-state index in [0.717, 1.165) is 10.9 Å². The number of nitrogens with one attached hydrogen (secondary N) is 1. The highest BCUT2D eigenvalue weighted by Crippen LogP contribution is 2.25. The van der Waals surface area contributed by atoms with Crippen molar-refractivity contribution < 1.29 is 4.39 Å². The molecule has 0 bridgehead atoms. The summed E-state index contributed by atoms with van der Waals surface area (Å²) in [7, 11) is 0. The summed E-state index contributed by atoms with van der Waals surface area (Å²) >= 11 is 6.04. The molecule has 5 nitrogen and oxygen atoms in total. The molecular formula is C18H12ClFN4O.